The molecule has 90 valence electrons. The van der Waals surface area contributed by atoms with Gasteiger partial charge in [0, 0.05) is 10.9 Å². The van der Waals surface area contributed by atoms with Crippen LogP contribution in [-0.2, 0) is 6.42 Å². The van der Waals surface area contributed by atoms with E-state index in [1.54, 1.807) is 0 Å². The highest BCUT2D eigenvalue weighted by molar-refractivity contribution is 9.10. The van der Waals surface area contributed by atoms with Crippen molar-refractivity contribution < 1.29 is 4.42 Å². The molecule has 2 N–H and O–H groups in total. The molecule has 1 aromatic carbocycles. The zero-order chi connectivity index (χ0) is 12.4. The normalized spacial score (nSPS) is 12.7. The van der Waals surface area contributed by atoms with Gasteiger partial charge in [-0.1, -0.05) is 40.5 Å². The molecular formula is C14H16BrNO. The minimum atomic E-state index is -0.218. The molecule has 0 aliphatic heterocycles. The number of rotatable bonds is 3. The largest absolute Gasteiger partial charge is 0.464 e. The molecule has 2 nitrogen and oxygen atoms in total. The van der Waals surface area contributed by atoms with Crippen molar-refractivity contribution in [1.82, 2.24) is 0 Å². The standard InChI is InChI=1S/C14H16BrNO/c1-3-10-5-7-13(17-10)14(16)11-8-9(2)4-6-12(11)15/h4-8,14H,3,16H2,1-2H3. The van der Waals surface area contributed by atoms with E-state index in [-0.39, 0.29) is 6.04 Å². The van der Waals surface area contributed by atoms with Crippen LogP contribution in [0.2, 0.25) is 0 Å². The number of halogens is 1. The molecule has 3 heteroatoms. The maximum Gasteiger partial charge on any atom is 0.125 e. The van der Waals surface area contributed by atoms with E-state index in [2.05, 4.69) is 41.9 Å². The van der Waals surface area contributed by atoms with Gasteiger partial charge in [0.25, 0.3) is 0 Å². The number of aryl methyl sites for hydroxylation is 2. The first-order chi connectivity index (χ1) is 8.11. The van der Waals surface area contributed by atoms with Gasteiger partial charge in [0.15, 0.2) is 0 Å². The maximum atomic E-state index is 6.23. The fourth-order valence-electron chi connectivity index (χ4n) is 1.81. The first kappa shape index (κ1) is 12.4. The van der Waals surface area contributed by atoms with Gasteiger partial charge in [0.1, 0.15) is 11.5 Å². The van der Waals surface area contributed by atoms with Gasteiger partial charge in [0.05, 0.1) is 6.04 Å². The summed E-state index contributed by atoms with van der Waals surface area (Å²) < 4.78 is 6.72. The first-order valence-corrected chi connectivity index (χ1v) is 6.51. The Balaban J connectivity index is 2.35. The highest BCUT2D eigenvalue weighted by atomic mass is 79.9. The molecule has 0 amide bonds. The van der Waals surface area contributed by atoms with Crippen molar-refractivity contribution in [2.45, 2.75) is 26.3 Å². The Morgan fingerprint density at radius 3 is 2.71 bits per heavy atom. The molecule has 0 aliphatic carbocycles. The summed E-state index contributed by atoms with van der Waals surface area (Å²) in [6, 6.07) is 9.89. The third kappa shape index (κ3) is 2.61. The Bertz CT molecular complexity index is 519. The SMILES string of the molecule is CCc1ccc(C(N)c2cc(C)ccc2Br)o1. The van der Waals surface area contributed by atoms with E-state index in [0.29, 0.717) is 0 Å². The van der Waals surface area contributed by atoms with Crippen molar-refractivity contribution in [1.29, 1.82) is 0 Å². The van der Waals surface area contributed by atoms with Crippen LogP contribution in [0.25, 0.3) is 0 Å². The van der Waals surface area contributed by atoms with Crippen molar-refractivity contribution in [2.24, 2.45) is 5.73 Å². The Labute approximate surface area is 110 Å². The second-order valence-electron chi connectivity index (χ2n) is 4.16. The molecule has 1 aromatic heterocycles. The van der Waals surface area contributed by atoms with Gasteiger partial charge >= 0.3 is 0 Å². The van der Waals surface area contributed by atoms with E-state index in [1.165, 1.54) is 5.56 Å². The Kier molecular flexibility index (Phi) is 3.69. The summed E-state index contributed by atoms with van der Waals surface area (Å²) in [5.74, 6) is 1.78. The fraction of sp³-hybridized carbons (Fsp3) is 0.286. The van der Waals surface area contributed by atoms with E-state index in [9.17, 15) is 0 Å². The minimum absolute atomic E-state index is 0.218. The van der Waals surface area contributed by atoms with Crippen LogP contribution in [0, 0.1) is 6.92 Å². The molecule has 1 heterocycles. The quantitative estimate of drug-likeness (QED) is 0.930. The molecule has 0 saturated heterocycles. The second kappa shape index (κ2) is 5.07. The third-order valence-electron chi connectivity index (χ3n) is 2.82. The molecule has 0 bridgehead atoms. The van der Waals surface area contributed by atoms with Crippen molar-refractivity contribution in [2.75, 3.05) is 0 Å². The molecule has 1 atom stereocenters. The van der Waals surface area contributed by atoms with E-state index >= 15 is 0 Å². The van der Waals surface area contributed by atoms with Gasteiger partial charge in [-0.15, -0.1) is 0 Å². The molecular weight excluding hydrogens is 278 g/mol. The van der Waals surface area contributed by atoms with Crippen LogP contribution in [-0.4, -0.2) is 0 Å². The number of furan rings is 1. The first-order valence-electron chi connectivity index (χ1n) is 5.72. The van der Waals surface area contributed by atoms with Gasteiger partial charge in [-0.25, -0.2) is 0 Å². The summed E-state index contributed by atoms with van der Waals surface area (Å²) in [6.45, 7) is 4.12. The average molecular weight is 294 g/mol. The van der Waals surface area contributed by atoms with E-state index in [0.717, 1.165) is 28.0 Å². The molecule has 2 rings (SSSR count). The molecule has 0 radical (unpaired) electrons. The number of nitrogens with two attached hydrogens (primary N) is 1. The molecule has 0 spiro atoms. The second-order valence-corrected chi connectivity index (χ2v) is 5.01. The number of hydrogen-bond acceptors (Lipinski definition) is 2. The molecule has 0 fully saturated rings. The van der Waals surface area contributed by atoms with E-state index < -0.39 is 0 Å². The van der Waals surface area contributed by atoms with Crippen LogP contribution >= 0.6 is 15.9 Å². The van der Waals surface area contributed by atoms with Crippen LogP contribution in [0.4, 0.5) is 0 Å². The minimum Gasteiger partial charge on any atom is -0.464 e. The lowest BCUT2D eigenvalue weighted by atomic mass is 10.0. The van der Waals surface area contributed by atoms with Crippen molar-refractivity contribution in [3.05, 3.63) is 57.5 Å². The van der Waals surface area contributed by atoms with Gasteiger partial charge in [-0.3, -0.25) is 0 Å². The summed E-state index contributed by atoms with van der Waals surface area (Å²) in [6.07, 6.45) is 0.891. The van der Waals surface area contributed by atoms with Crippen molar-refractivity contribution in [3.63, 3.8) is 0 Å². The van der Waals surface area contributed by atoms with Gasteiger partial charge in [-0.2, -0.15) is 0 Å². The lowest BCUT2D eigenvalue weighted by Gasteiger charge is -2.12. The molecule has 2 aromatic rings. The Hall–Kier alpha value is -1.06. The Morgan fingerprint density at radius 1 is 1.29 bits per heavy atom. The fourth-order valence-corrected chi connectivity index (χ4v) is 2.30. The van der Waals surface area contributed by atoms with Gasteiger partial charge in [0.2, 0.25) is 0 Å². The third-order valence-corrected chi connectivity index (χ3v) is 3.55. The van der Waals surface area contributed by atoms with Gasteiger partial charge < -0.3 is 10.2 Å². The number of benzene rings is 1. The monoisotopic (exact) mass is 293 g/mol. The van der Waals surface area contributed by atoms with Crippen LogP contribution < -0.4 is 5.73 Å². The molecule has 17 heavy (non-hydrogen) atoms. The average Bonchev–Trinajstić information content (AvgIpc) is 2.80. The Morgan fingerprint density at radius 2 is 2.06 bits per heavy atom. The smallest absolute Gasteiger partial charge is 0.125 e. The maximum absolute atomic E-state index is 6.23. The molecule has 0 aliphatic rings. The topological polar surface area (TPSA) is 39.2 Å². The zero-order valence-corrected chi connectivity index (χ0v) is 11.6. The van der Waals surface area contributed by atoms with Crippen LogP contribution in [0.15, 0.2) is 39.2 Å². The lowest BCUT2D eigenvalue weighted by Crippen LogP contribution is -2.11. The highest BCUT2D eigenvalue weighted by Gasteiger charge is 2.15. The summed E-state index contributed by atoms with van der Waals surface area (Å²) in [4.78, 5) is 0. The summed E-state index contributed by atoms with van der Waals surface area (Å²) >= 11 is 3.53. The predicted molar refractivity (Wildman–Crippen MR) is 73.0 cm³/mol. The molecule has 1 unspecified atom stereocenters. The van der Waals surface area contributed by atoms with Crippen molar-refractivity contribution in [3.8, 4) is 0 Å². The van der Waals surface area contributed by atoms with Crippen molar-refractivity contribution >= 4 is 15.9 Å². The lowest BCUT2D eigenvalue weighted by molar-refractivity contribution is 0.453. The van der Waals surface area contributed by atoms with E-state index in [4.69, 9.17) is 10.2 Å². The van der Waals surface area contributed by atoms with Crippen LogP contribution in [0.5, 0.6) is 0 Å². The molecule has 0 saturated carbocycles. The predicted octanol–water partition coefficient (Wildman–Crippen LogP) is 3.96. The van der Waals surface area contributed by atoms with Gasteiger partial charge in [-0.05, 0) is 30.7 Å². The highest BCUT2D eigenvalue weighted by Crippen LogP contribution is 2.28. The zero-order valence-electron chi connectivity index (χ0n) is 10.0. The summed E-state index contributed by atoms with van der Waals surface area (Å²) in [5, 5.41) is 0. The van der Waals surface area contributed by atoms with Crippen LogP contribution in [0.1, 0.15) is 35.6 Å². The summed E-state index contributed by atoms with van der Waals surface area (Å²) in [7, 11) is 0. The summed E-state index contributed by atoms with van der Waals surface area (Å²) in [5.41, 5.74) is 8.48. The van der Waals surface area contributed by atoms with E-state index in [1.807, 2.05) is 18.2 Å². The number of hydrogen-bond donors (Lipinski definition) is 1. The van der Waals surface area contributed by atoms with Crippen LogP contribution in [0.3, 0.4) is 0 Å².